The number of hydrogen-bond donors (Lipinski definition) is 0. The van der Waals surface area contributed by atoms with Crippen molar-refractivity contribution in [1.82, 2.24) is 19.1 Å². The van der Waals surface area contributed by atoms with E-state index in [4.69, 9.17) is 10.1 Å². The van der Waals surface area contributed by atoms with Gasteiger partial charge in [0.25, 0.3) is 0 Å². The molecule has 4 atom stereocenters. The van der Waals surface area contributed by atoms with E-state index in [1.165, 1.54) is 30.0 Å². The molecule has 1 saturated heterocycles. The van der Waals surface area contributed by atoms with Gasteiger partial charge in [0.2, 0.25) is 0 Å². The minimum absolute atomic E-state index is 0.0741. The van der Waals surface area contributed by atoms with Crippen molar-refractivity contribution in [2.24, 2.45) is 17.8 Å². The second kappa shape index (κ2) is 8.80. The normalized spacial score (nSPS) is 26.1. The lowest BCUT2D eigenvalue weighted by Crippen LogP contribution is -2.42. The first-order valence-electron chi connectivity index (χ1n) is 12.3. The van der Waals surface area contributed by atoms with Crippen LogP contribution in [0.5, 0.6) is 5.75 Å². The molecule has 0 radical (unpaired) electrons. The predicted molar refractivity (Wildman–Crippen MR) is 127 cm³/mol. The minimum Gasteiger partial charge on any atom is -0.406 e. The molecule has 2 aliphatic heterocycles. The first-order chi connectivity index (χ1) is 16.8. The van der Waals surface area contributed by atoms with Gasteiger partial charge in [0.05, 0.1) is 5.69 Å². The smallest absolute Gasteiger partial charge is 0.406 e. The molecule has 6 nitrogen and oxygen atoms in total. The van der Waals surface area contributed by atoms with Crippen molar-refractivity contribution in [2.45, 2.75) is 57.9 Å². The molecule has 0 amide bonds. The summed E-state index contributed by atoms with van der Waals surface area (Å²) in [6.45, 7) is 4.96. The lowest BCUT2D eigenvalue weighted by molar-refractivity contribution is -0.274. The first-order valence-corrected chi connectivity index (χ1v) is 13.1. The summed E-state index contributed by atoms with van der Waals surface area (Å²) < 4.78 is 48.7. The predicted octanol–water partition coefficient (Wildman–Crippen LogP) is 5.57. The molecule has 0 N–H and O–H groups in total. The number of aryl methyl sites for hydroxylation is 2. The number of benzene rings is 1. The van der Waals surface area contributed by atoms with E-state index in [1.807, 2.05) is 17.7 Å². The zero-order valence-electron chi connectivity index (χ0n) is 19.5. The van der Waals surface area contributed by atoms with Gasteiger partial charge in [0.15, 0.2) is 5.82 Å². The van der Waals surface area contributed by atoms with E-state index in [1.54, 1.807) is 17.6 Å². The van der Waals surface area contributed by atoms with Crippen LogP contribution in [0.15, 0.2) is 30.3 Å². The second-order valence-electron chi connectivity index (χ2n) is 10.1. The molecule has 2 bridgehead atoms. The van der Waals surface area contributed by atoms with Crippen LogP contribution in [0.4, 0.5) is 18.2 Å². The van der Waals surface area contributed by atoms with E-state index >= 15 is 0 Å². The topological polar surface area (TPSA) is 56.1 Å². The number of rotatable bonds is 5. The fourth-order valence-electron chi connectivity index (χ4n) is 6.29. The van der Waals surface area contributed by atoms with Gasteiger partial charge in [-0.2, -0.15) is 9.47 Å². The lowest BCUT2D eigenvalue weighted by atomic mass is 9.82. The number of hydrogen-bond acceptors (Lipinski definition) is 6. The van der Waals surface area contributed by atoms with Gasteiger partial charge in [-0.05, 0) is 85.7 Å². The van der Waals surface area contributed by atoms with E-state index < -0.39 is 6.36 Å². The average molecular weight is 504 g/mol. The van der Waals surface area contributed by atoms with Crippen molar-refractivity contribution in [3.8, 4) is 5.75 Å². The Hall–Kier alpha value is -2.62. The number of anilines is 1. The Morgan fingerprint density at radius 2 is 1.91 bits per heavy atom. The van der Waals surface area contributed by atoms with Crippen molar-refractivity contribution in [3.05, 3.63) is 53.2 Å². The Kier molecular flexibility index (Phi) is 5.74. The number of alkyl halides is 3. The van der Waals surface area contributed by atoms with Crippen LogP contribution in [0.25, 0.3) is 0 Å². The maximum Gasteiger partial charge on any atom is 0.573 e. The zero-order valence-corrected chi connectivity index (χ0v) is 20.4. The summed E-state index contributed by atoms with van der Waals surface area (Å²) >= 11 is 1.59. The fourth-order valence-corrected chi connectivity index (χ4v) is 7.07. The largest absolute Gasteiger partial charge is 0.573 e. The number of ether oxygens (including phenoxy) is 1. The van der Waals surface area contributed by atoms with Crippen LogP contribution in [-0.4, -0.2) is 38.6 Å². The van der Waals surface area contributed by atoms with Gasteiger partial charge in [0.1, 0.15) is 16.6 Å². The van der Waals surface area contributed by atoms with E-state index in [9.17, 15) is 13.2 Å². The minimum atomic E-state index is -4.70. The van der Waals surface area contributed by atoms with Crippen LogP contribution in [0.1, 0.15) is 54.5 Å². The van der Waals surface area contributed by atoms with E-state index in [0.29, 0.717) is 17.8 Å². The molecule has 1 saturated carbocycles. The Bertz CT molecular complexity index is 1190. The molecule has 3 aromatic rings. The molecule has 2 fully saturated rings. The van der Waals surface area contributed by atoms with Gasteiger partial charge in [-0.1, -0.05) is 12.1 Å². The monoisotopic (exact) mass is 503 g/mol. The van der Waals surface area contributed by atoms with Gasteiger partial charge in [0, 0.05) is 32.0 Å². The third-order valence-corrected chi connectivity index (χ3v) is 8.73. The first kappa shape index (κ1) is 22.8. The van der Waals surface area contributed by atoms with Crippen LogP contribution in [0.3, 0.4) is 0 Å². The molecular weight excluding hydrogens is 475 g/mol. The third kappa shape index (κ3) is 4.64. The number of aromatic nitrogens is 4. The Morgan fingerprint density at radius 1 is 1.11 bits per heavy atom. The van der Waals surface area contributed by atoms with Crippen LogP contribution >= 0.6 is 11.5 Å². The summed E-state index contributed by atoms with van der Waals surface area (Å²) in [5.41, 5.74) is 1.87. The van der Waals surface area contributed by atoms with E-state index in [0.717, 1.165) is 61.8 Å². The molecule has 4 heterocycles. The lowest BCUT2D eigenvalue weighted by Gasteiger charge is -2.38. The van der Waals surface area contributed by atoms with E-state index in [-0.39, 0.29) is 11.7 Å². The number of fused-ring (bicyclic) bond motifs is 3. The van der Waals surface area contributed by atoms with Gasteiger partial charge < -0.3 is 9.64 Å². The SMILES string of the molecule is Cc1cc(N2C[C@H]3CC[C@@H](C2)C3Cc2nc3n(n2)CCCC3c2cccc(OC(F)(F)F)c2)sn1. The summed E-state index contributed by atoms with van der Waals surface area (Å²) in [7, 11) is 0. The van der Waals surface area contributed by atoms with Crippen molar-refractivity contribution in [2.75, 3.05) is 18.0 Å². The molecule has 2 aromatic heterocycles. The van der Waals surface area contributed by atoms with Gasteiger partial charge in [-0.25, -0.2) is 9.67 Å². The van der Waals surface area contributed by atoms with Crippen LogP contribution < -0.4 is 9.64 Å². The highest BCUT2D eigenvalue weighted by Crippen LogP contribution is 2.45. The van der Waals surface area contributed by atoms with Gasteiger partial charge in [-0.3, -0.25) is 0 Å². The standard InChI is InChI=1S/C25H28F3N5OS/c1-15-10-23(35-31-15)32-13-17-7-8-18(14-32)21(17)12-22-29-24-20(6-3-9-33(24)30-22)16-4-2-5-19(11-16)34-25(26,27)28/h2,4-5,10-11,17-18,20-21H,3,6-9,12-14H2,1H3/t17-,18+,20?,21?. The summed E-state index contributed by atoms with van der Waals surface area (Å²) in [4.78, 5) is 7.45. The van der Waals surface area contributed by atoms with Gasteiger partial charge in [-0.15, -0.1) is 13.2 Å². The highest BCUT2D eigenvalue weighted by atomic mass is 32.1. The molecule has 0 spiro atoms. The quantitative estimate of drug-likeness (QED) is 0.456. The Labute approximate surface area is 206 Å². The van der Waals surface area contributed by atoms with Crippen molar-refractivity contribution < 1.29 is 17.9 Å². The second-order valence-corrected chi connectivity index (χ2v) is 10.9. The molecule has 1 aromatic carbocycles. The van der Waals surface area contributed by atoms with E-state index in [2.05, 4.69) is 20.1 Å². The summed E-state index contributed by atoms with van der Waals surface area (Å²) in [5.74, 6) is 3.30. The maximum absolute atomic E-state index is 12.7. The Morgan fingerprint density at radius 3 is 2.63 bits per heavy atom. The molecule has 3 aliphatic rings. The molecule has 1 aliphatic carbocycles. The maximum atomic E-state index is 12.7. The highest BCUT2D eigenvalue weighted by Gasteiger charge is 2.43. The summed E-state index contributed by atoms with van der Waals surface area (Å²) in [5, 5.41) is 6.12. The van der Waals surface area contributed by atoms with Crippen molar-refractivity contribution in [3.63, 3.8) is 0 Å². The molecule has 35 heavy (non-hydrogen) atoms. The summed E-state index contributed by atoms with van der Waals surface area (Å²) in [6.07, 6.45) is 0.410. The molecule has 2 unspecified atom stereocenters. The number of piperidine rings is 1. The Balaban J connectivity index is 1.19. The highest BCUT2D eigenvalue weighted by molar-refractivity contribution is 7.10. The molecule has 186 valence electrons. The average Bonchev–Trinajstić information content (AvgIpc) is 3.48. The third-order valence-electron chi connectivity index (χ3n) is 7.79. The number of nitrogens with zero attached hydrogens (tertiary/aromatic N) is 5. The summed E-state index contributed by atoms with van der Waals surface area (Å²) in [6, 6.07) is 8.48. The van der Waals surface area contributed by atoms with Crippen molar-refractivity contribution in [1.29, 1.82) is 0 Å². The molecule has 6 rings (SSSR count). The van der Waals surface area contributed by atoms with Crippen molar-refractivity contribution >= 4 is 16.5 Å². The van der Waals surface area contributed by atoms with Crippen LogP contribution in [0, 0.1) is 24.7 Å². The number of halogens is 3. The van der Waals surface area contributed by atoms with Gasteiger partial charge >= 0.3 is 6.36 Å². The fraction of sp³-hybridized carbons (Fsp3) is 0.560. The molecular formula is C25H28F3N5OS. The zero-order chi connectivity index (χ0) is 24.2. The molecule has 10 heteroatoms. The van der Waals surface area contributed by atoms with Crippen LogP contribution in [-0.2, 0) is 13.0 Å². The van der Waals surface area contributed by atoms with Crippen LogP contribution in [0.2, 0.25) is 0 Å².